The molecule has 0 bridgehead atoms. The average Bonchev–Trinajstić information content (AvgIpc) is 2.26. The van der Waals surface area contributed by atoms with Gasteiger partial charge < -0.3 is 15.2 Å². The molecule has 0 spiro atoms. The Morgan fingerprint density at radius 1 is 1.41 bits per heavy atom. The van der Waals surface area contributed by atoms with Crippen molar-refractivity contribution in [1.29, 1.82) is 0 Å². The van der Waals surface area contributed by atoms with E-state index in [1.807, 2.05) is 0 Å². The fraction of sp³-hybridized carbons (Fsp3) is 0.0909. The van der Waals surface area contributed by atoms with E-state index in [1.165, 1.54) is 7.11 Å². The lowest BCUT2D eigenvalue weighted by Crippen LogP contribution is -2.08. The number of halogens is 1. The van der Waals surface area contributed by atoms with E-state index in [1.54, 1.807) is 18.2 Å². The molecule has 1 aromatic carbocycles. The third-order valence-corrected chi connectivity index (χ3v) is 2.42. The van der Waals surface area contributed by atoms with Crippen molar-refractivity contribution in [3.05, 3.63) is 34.8 Å². The van der Waals surface area contributed by atoms with Crippen molar-refractivity contribution >= 4 is 33.5 Å². The number of amides is 1. The first kappa shape index (κ1) is 13.2. The van der Waals surface area contributed by atoms with Crippen molar-refractivity contribution in [2.24, 2.45) is 0 Å². The van der Waals surface area contributed by atoms with Crippen molar-refractivity contribution in [3.63, 3.8) is 0 Å². The Kier molecular flexibility index (Phi) is 4.71. The van der Waals surface area contributed by atoms with Crippen LogP contribution in [-0.2, 0) is 9.59 Å². The SMILES string of the molecule is COc1ccc(NC(=O)C=CC(=O)O)cc1Br. The van der Waals surface area contributed by atoms with Crippen molar-refractivity contribution in [1.82, 2.24) is 0 Å². The molecule has 0 aliphatic rings. The number of ether oxygens (including phenoxy) is 1. The van der Waals surface area contributed by atoms with E-state index in [2.05, 4.69) is 21.2 Å². The molecule has 1 amide bonds. The fourth-order valence-corrected chi connectivity index (χ4v) is 1.62. The van der Waals surface area contributed by atoms with Crippen LogP contribution in [0.5, 0.6) is 5.75 Å². The molecule has 0 aliphatic carbocycles. The Morgan fingerprint density at radius 2 is 2.12 bits per heavy atom. The molecule has 0 aromatic heterocycles. The number of carbonyl (C=O) groups is 2. The monoisotopic (exact) mass is 299 g/mol. The van der Waals surface area contributed by atoms with Gasteiger partial charge in [-0.05, 0) is 34.1 Å². The van der Waals surface area contributed by atoms with Crippen LogP contribution in [0.15, 0.2) is 34.8 Å². The molecule has 0 fully saturated rings. The molecule has 17 heavy (non-hydrogen) atoms. The highest BCUT2D eigenvalue weighted by Crippen LogP contribution is 2.27. The van der Waals surface area contributed by atoms with Crippen molar-refractivity contribution in [2.45, 2.75) is 0 Å². The van der Waals surface area contributed by atoms with E-state index in [-0.39, 0.29) is 0 Å². The number of benzene rings is 1. The molecule has 6 heteroatoms. The Labute approximate surface area is 106 Å². The number of carbonyl (C=O) groups excluding carboxylic acids is 1. The van der Waals surface area contributed by atoms with Gasteiger partial charge in [-0.15, -0.1) is 0 Å². The molecular weight excluding hydrogens is 290 g/mol. The Balaban J connectivity index is 2.72. The number of rotatable bonds is 4. The van der Waals surface area contributed by atoms with Gasteiger partial charge in [0.25, 0.3) is 0 Å². The first-order valence-corrected chi connectivity index (χ1v) is 5.37. The van der Waals surface area contributed by atoms with Gasteiger partial charge in [-0.2, -0.15) is 0 Å². The first-order chi connectivity index (χ1) is 8.02. The molecule has 1 rings (SSSR count). The number of aliphatic carboxylic acids is 1. The molecule has 0 aliphatic heterocycles. The van der Waals surface area contributed by atoms with Gasteiger partial charge in [-0.1, -0.05) is 0 Å². The lowest BCUT2D eigenvalue weighted by atomic mass is 10.3. The van der Waals surface area contributed by atoms with Crippen LogP contribution in [-0.4, -0.2) is 24.1 Å². The Morgan fingerprint density at radius 3 is 2.65 bits per heavy atom. The van der Waals surface area contributed by atoms with Gasteiger partial charge in [0.2, 0.25) is 5.91 Å². The molecular formula is C11H10BrNO4. The van der Waals surface area contributed by atoms with Crippen LogP contribution in [0.25, 0.3) is 0 Å². The number of hydrogen-bond acceptors (Lipinski definition) is 3. The standard InChI is InChI=1S/C11H10BrNO4/c1-17-9-3-2-7(6-8(9)12)13-10(14)4-5-11(15)16/h2-6H,1H3,(H,13,14)(H,15,16). The van der Waals surface area contributed by atoms with Crippen molar-refractivity contribution in [2.75, 3.05) is 12.4 Å². The molecule has 0 saturated carbocycles. The zero-order chi connectivity index (χ0) is 12.8. The number of methoxy groups -OCH3 is 1. The third kappa shape index (κ3) is 4.28. The highest BCUT2D eigenvalue weighted by Gasteiger charge is 2.03. The molecule has 0 atom stereocenters. The minimum absolute atomic E-state index is 0.510. The van der Waals surface area contributed by atoms with Gasteiger partial charge in [0.1, 0.15) is 5.75 Å². The summed E-state index contributed by atoms with van der Waals surface area (Å²) in [7, 11) is 1.54. The summed E-state index contributed by atoms with van der Waals surface area (Å²) in [6, 6.07) is 4.99. The topological polar surface area (TPSA) is 75.6 Å². The highest BCUT2D eigenvalue weighted by molar-refractivity contribution is 9.10. The normalized spacial score (nSPS) is 10.2. The summed E-state index contributed by atoms with van der Waals surface area (Å²) in [5, 5.41) is 10.9. The Bertz CT molecular complexity index is 471. The zero-order valence-electron chi connectivity index (χ0n) is 8.94. The maximum atomic E-state index is 11.3. The zero-order valence-corrected chi connectivity index (χ0v) is 10.5. The van der Waals surface area contributed by atoms with Crippen LogP contribution in [0.3, 0.4) is 0 Å². The second-order valence-corrected chi connectivity index (χ2v) is 3.86. The number of carboxylic acid groups (broad SMARTS) is 1. The quantitative estimate of drug-likeness (QED) is 0.834. The van der Waals surface area contributed by atoms with Crippen molar-refractivity contribution < 1.29 is 19.4 Å². The largest absolute Gasteiger partial charge is 0.496 e. The minimum Gasteiger partial charge on any atom is -0.496 e. The van der Waals surface area contributed by atoms with Gasteiger partial charge in [-0.25, -0.2) is 4.79 Å². The number of nitrogens with one attached hydrogen (secondary N) is 1. The van der Waals surface area contributed by atoms with Crippen LogP contribution >= 0.6 is 15.9 Å². The van der Waals surface area contributed by atoms with Crippen LogP contribution in [0.1, 0.15) is 0 Å². The summed E-state index contributed by atoms with van der Waals surface area (Å²) in [6.45, 7) is 0. The summed E-state index contributed by atoms with van der Waals surface area (Å²) in [6.07, 6.45) is 1.72. The predicted molar refractivity (Wildman–Crippen MR) is 66.1 cm³/mol. The summed E-state index contributed by atoms with van der Waals surface area (Å²) in [5.74, 6) is -1.04. The van der Waals surface area contributed by atoms with E-state index in [0.717, 1.165) is 12.2 Å². The maximum Gasteiger partial charge on any atom is 0.328 e. The molecule has 5 nitrogen and oxygen atoms in total. The number of anilines is 1. The summed E-state index contributed by atoms with van der Waals surface area (Å²) in [5.41, 5.74) is 0.540. The third-order valence-electron chi connectivity index (χ3n) is 1.80. The van der Waals surface area contributed by atoms with Crippen LogP contribution in [0.4, 0.5) is 5.69 Å². The second-order valence-electron chi connectivity index (χ2n) is 3.01. The van der Waals surface area contributed by atoms with E-state index in [4.69, 9.17) is 9.84 Å². The smallest absolute Gasteiger partial charge is 0.328 e. The van der Waals surface area contributed by atoms with Gasteiger partial charge in [0, 0.05) is 17.8 Å². The summed E-state index contributed by atoms with van der Waals surface area (Å²) >= 11 is 3.27. The lowest BCUT2D eigenvalue weighted by molar-refractivity contribution is -0.131. The number of carboxylic acids is 1. The lowest BCUT2D eigenvalue weighted by Gasteiger charge is -2.06. The summed E-state index contributed by atoms with van der Waals surface area (Å²) < 4.78 is 5.73. The van der Waals surface area contributed by atoms with E-state index in [0.29, 0.717) is 15.9 Å². The molecule has 1 aromatic rings. The molecule has 2 N–H and O–H groups in total. The maximum absolute atomic E-state index is 11.3. The van der Waals surface area contributed by atoms with Gasteiger partial charge >= 0.3 is 5.97 Å². The fourth-order valence-electron chi connectivity index (χ4n) is 1.08. The Hall–Kier alpha value is -1.82. The molecule has 0 unspecified atom stereocenters. The highest BCUT2D eigenvalue weighted by atomic mass is 79.9. The van der Waals surface area contributed by atoms with Crippen LogP contribution in [0.2, 0.25) is 0 Å². The molecule has 0 radical (unpaired) electrons. The minimum atomic E-state index is -1.17. The van der Waals surface area contributed by atoms with E-state index in [9.17, 15) is 9.59 Å². The van der Waals surface area contributed by atoms with Gasteiger partial charge in [0.05, 0.1) is 11.6 Å². The van der Waals surface area contributed by atoms with Gasteiger partial charge in [0.15, 0.2) is 0 Å². The summed E-state index contributed by atoms with van der Waals surface area (Å²) in [4.78, 5) is 21.5. The van der Waals surface area contributed by atoms with E-state index >= 15 is 0 Å². The van der Waals surface area contributed by atoms with E-state index < -0.39 is 11.9 Å². The average molecular weight is 300 g/mol. The van der Waals surface area contributed by atoms with Crippen molar-refractivity contribution in [3.8, 4) is 5.75 Å². The number of hydrogen-bond donors (Lipinski definition) is 2. The molecule has 0 heterocycles. The van der Waals surface area contributed by atoms with Crippen LogP contribution in [0, 0.1) is 0 Å². The second kappa shape index (κ2) is 6.05. The van der Waals surface area contributed by atoms with Gasteiger partial charge in [-0.3, -0.25) is 4.79 Å². The predicted octanol–water partition coefficient (Wildman–Crippen LogP) is 2.04. The molecule has 0 saturated heterocycles. The van der Waals surface area contributed by atoms with Crippen LogP contribution < -0.4 is 10.1 Å². The molecule has 90 valence electrons. The first-order valence-electron chi connectivity index (χ1n) is 4.58.